The number of hydrogen-bond acceptors (Lipinski definition) is 8. The van der Waals surface area contributed by atoms with E-state index in [1.54, 1.807) is 19.2 Å². The van der Waals surface area contributed by atoms with Crippen molar-refractivity contribution < 1.29 is 23.7 Å². The van der Waals surface area contributed by atoms with E-state index in [2.05, 4.69) is 15.3 Å². The third kappa shape index (κ3) is 4.84. The van der Waals surface area contributed by atoms with Gasteiger partial charge in [0, 0.05) is 22.5 Å². The fourth-order valence-electron chi connectivity index (χ4n) is 3.03. The summed E-state index contributed by atoms with van der Waals surface area (Å²) in [5, 5.41) is 4.67. The summed E-state index contributed by atoms with van der Waals surface area (Å²) < 4.78 is 28.3. The second-order valence-corrected chi connectivity index (χ2v) is 6.87. The third-order valence-electron chi connectivity index (χ3n) is 4.46. The molecule has 30 heavy (non-hydrogen) atoms. The molecular weight excluding hydrogens is 410 g/mol. The van der Waals surface area contributed by atoms with E-state index in [1.807, 2.05) is 18.2 Å². The first-order valence-electron chi connectivity index (χ1n) is 9.55. The second-order valence-electron chi connectivity index (χ2n) is 6.43. The van der Waals surface area contributed by atoms with Crippen LogP contribution in [0.2, 0.25) is 5.02 Å². The van der Waals surface area contributed by atoms with Gasteiger partial charge < -0.3 is 29.0 Å². The van der Waals surface area contributed by atoms with Crippen molar-refractivity contribution in [1.82, 2.24) is 9.97 Å². The largest absolute Gasteiger partial charge is 0.493 e. The van der Waals surface area contributed by atoms with Gasteiger partial charge in [-0.25, -0.2) is 9.97 Å². The van der Waals surface area contributed by atoms with Crippen molar-refractivity contribution >= 4 is 34.0 Å². The predicted octanol–water partition coefficient (Wildman–Crippen LogP) is 3.84. The Morgan fingerprint density at radius 3 is 2.40 bits per heavy atom. The summed E-state index contributed by atoms with van der Waals surface area (Å²) in [5.41, 5.74) is 1.45. The Morgan fingerprint density at radius 1 is 0.900 bits per heavy atom. The average molecular weight is 432 g/mol. The van der Waals surface area contributed by atoms with Crippen molar-refractivity contribution in [2.75, 3.05) is 52.1 Å². The summed E-state index contributed by atoms with van der Waals surface area (Å²) in [7, 11) is 1.59. The fourth-order valence-corrected chi connectivity index (χ4v) is 3.19. The molecule has 1 aromatic heterocycles. The van der Waals surface area contributed by atoms with Crippen LogP contribution < -0.4 is 19.5 Å². The van der Waals surface area contributed by atoms with E-state index < -0.39 is 0 Å². The van der Waals surface area contributed by atoms with E-state index in [0.717, 1.165) is 16.6 Å². The molecule has 1 aliphatic heterocycles. The number of methoxy groups -OCH3 is 1. The van der Waals surface area contributed by atoms with Crippen molar-refractivity contribution in [3.8, 4) is 17.2 Å². The van der Waals surface area contributed by atoms with Gasteiger partial charge in [0.15, 0.2) is 11.5 Å². The first-order chi connectivity index (χ1) is 14.7. The highest BCUT2D eigenvalue weighted by molar-refractivity contribution is 6.30. The molecule has 0 aliphatic carbocycles. The lowest BCUT2D eigenvalue weighted by Crippen LogP contribution is -2.13. The zero-order chi connectivity index (χ0) is 20.8. The van der Waals surface area contributed by atoms with E-state index in [-0.39, 0.29) is 0 Å². The Labute approximate surface area is 179 Å². The van der Waals surface area contributed by atoms with E-state index in [4.69, 9.17) is 35.3 Å². The van der Waals surface area contributed by atoms with Crippen molar-refractivity contribution in [1.29, 1.82) is 0 Å². The van der Waals surface area contributed by atoms with Gasteiger partial charge in [0.25, 0.3) is 0 Å². The van der Waals surface area contributed by atoms with Gasteiger partial charge in [-0.1, -0.05) is 11.6 Å². The van der Waals surface area contributed by atoms with Crippen LogP contribution in [0.15, 0.2) is 36.7 Å². The predicted molar refractivity (Wildman–Crippen MR) is 113 cm³/mol. The summed E-state index contributed by atoms with van der Waals surface area (Å²) in [6, 6.07) is 9.05. The van der Waals surface area contributed by atoms with Gasteiger partial charge in [0.05, 0.1) is 44.7 Å². The number of ether oxygens (including phenoxy) is 5. The van der Waals surface area contributed by atoms with Crippen LogP contribution in [0.4, 0.5) is 11.5 Å². The molecule has 4 rings (SSSR count). The number of aromatic nitrogens is 2. The van der Waals surface area contributed by atoms with E-state index in [0.29, 0.717) is 67.7 Å². The molecule has 158 valence electrons. The fraction of sp³-hybridized carbons (Fsp3) is 0.333. The zero-order valence-corrected chi connectivity index (χ0v) is 17.3. The quantitative estimate of drug-likeness (QED) is 0.622. The lowest BCUT2D eigenvalue weighted by Gasteiger charge is -2.15. The van der Waals surface area contributed by atoms with Crippen LogP contribution in [0, 0.1) is 0 Å². The molecule has 3 aromatic rings. The Morgan fingerprint density at radius 2 is 1.63 bits per heavy atom. The standard InChI is InChI=1S/C21H22ClN3O5/c1-26-19-12-17-15-11-20(19)30-9-7-28-5-4-27-6-8-29-18-10-14(22)2-3-16(18)25-21(15)24-13-23-17/h2-3,10-13H,4-9H2,1H3,(H,23,24,25). The van der Waals surface area contributed by atoms with Crippen molar-refractivity contribution in [2.24, 2.45) is 0 Å². The van der Waals surface area contributed by atoms with Crippen LogP contribution >= 0.6 is 11.6 Å². The van der Waals surface area contributed by atoms with Crippen LogP contribution in [-0.2, 0) is 9.47 Å². The molecule has 0 fully saturated rings. The molecule has 8 nitrogen and oxygen atoms in total. The van der Waals surface area contributed by atoms with E-state index in [9.17, 15) is 0 Å². The normalized spacial score (nSPS) is 15.4. The Bertz CT molecular complexity index is 1020. The molecule has 0 saturated heterocycles. The Kier molecular flexibility index (Phi) is 6.68. The highest BCUT2D eigenvalue weighted by Gasteiger charge is 2.14. The SMILES string of the molecule is COc1cc2ncnc3c2cc1OCCOCCOCCOc1cc(Cl)ccc1N3. The number of hydrogen-bond donors (Lipinski definition) is 1. The lowest BCUT2D eigenvalue weighted by atomic mass is 10.2. The van der Waals surface area contributed by atoms with Gasteiger partial charge in [-0.05, 0) is 18.2 Å². The van der Waals surface area contributed by atoms with Gasteiger partial charge in [-0.3, -0.25) is 0 Å². The summed E-state index contributed by atoms with van der Waals surface area (Å²) in [6.45, 7) is 2.57. The number of benzene rings is 2. The first kappa shape index (κ1) is 20.5. The Balaban J connectivity index is 1.74. The zero-order valence-electron chi connectivity index (χ0n) is 16.5. The van der Waals surface area contributed by atoms with Gasteiger partial charge in [-0.15, -0.1) is 0 Å². The maximum Gasteiger partial charge on any atom is 0.162 e. The van der Waals surface area contributed by atoms with Crippen molar-refractivity contribution in [2.45, 2.75) is 0 Å². The molecule has 0 amide bonds. The molecule has 1 N–H and O–H groups in total. The maximum absolute atomic E-state index is 6.16. The second kappa shape index (κ2) is 9.80. The summed E-state index contributed by atoms with van der Waals surface area (Å²) in [4.78, 5) is 8.77. The van der Waals surface area contributed by atoms with Gasteiger partial charge in [0.1, 0.15) is 31.1 Å². The number of fused-ring (bicyclic) bond motifs is 2. The minimum Gasteiger partial charge on any atom is -0.493 e. The van der Waals surface area contributed by atoms with Crippen LogP contribution in [0.3, 0.4) is 0 Å². The van der Waals surface area contributed by atoms with E-state index >= 15 is 0 Å². The lowest BCUT2D eigenvalue weighted by molar-refractivity contribution is 0.0272. The number of rotatable bonds is 1. The van der Waals surface area contributed by atoms with Crippen molar-refractivity contribution in [3.05, 3.63) is 41.7 Å². The molecule has 0 radical (unpaired) electrons. The Hall–Kier alpha value is -2.81. The van der Waals surface area contributed by atoms with Crippen LogP contribution in [0.1, 0.15) is 0 Å². The summed E-state index contributed by atoms with van der Waals surface area (Å²) in [5.74, 6) is 2.38. The third-order valence-corrected chi connectivity index (χ3v) is 4.70. The average Bonchev–Trinajstić information content (AvgIpc) is 2.76. The first-order valence-corrected chi connectivity index (χ1v) is 9.93. The molecule has 0 unspecified atom stereocenters. The highest BCUT2D eigenvalue weighted by atomic mass is 35.5. The number of nitrogens with zero attached hydrogens (tertiary/aromatic N) is 2. The summed E-state index contributed by atoms with van der Waals surface area (Å²) >= 11 is 6.16. The van der Waals surface area contributed by atoms with Crippen molar-refractivity contribution in [3.63, 3.8) is 0 Å². The van der Waals surface area contributed by atoms with Gasteiger partial charge in [-0.2, -0.15) is 0 Å². The monoisotopic (exact) mass is 431 g/mol. The molecule has 2 heterocycles. The van der Waals surface area contributed by atoms with Gasteiger partial charge >= 0.3 is 0 Å². The molecule has 0 saturated carbocycles. The molecule has 9 heteroatoms. The molecule has 0 spiro atoms. The van der Waals surface area contributed by atoms with Crippen LogP contribution in [0.5, 0.6) is 17.2 Å². The maximum atomic E-state index is 6.16. The smallest absolute Gasteiger partial charge is 0.162 e. The minimum absolute atomic E-state index is 0.378. The molecular formula is C21H22ClN3O5. The topological polar surface area (TPSA) is 84.0 Å². The minimum atomic E-state index is 0.378. The van der Waals surface area contributed by atoms with Crippen LogP contribution in [0.25, 0.3) is 10.9 Å². The molecule has 0 atom stereocenters. The van der Waals surface area contributed by atoms with Crippen LogP contribution in [-0.4, -0.2) is 56.7 Å². The van der Waals surface area contributed by atoms with E-state index in [1.165, 1.54) is 6.33 Å². The summed E-state index contributed by atoms with van der Waals surface area (Å²) in [6.07, 6.45) is 1.49. The highest BCUT2D eigenvalue weighted by Crippen LogP contribution is 2.36. The number of halogens is 1. The van der Waals surface area contributed by atoms with Gasteiger partial charge in [0.2, 0.25) is 0 Å². The number of nitrogens with one attached hydrogen (secondary N) is 1. The molecule has 1 aliphatic rings. The molecule has 2 bridgehead atoms. The number of anilines is 2. The molecule has 2 aromatic carbocycles.